The van der Waals surface area contributed by atoms with E-state index in [1.165, 1.54) is 5.39 Å². The van der Waals surface area contributed by atoms with Crippen LogP contribution in [-0.4, -0.2) is 13.0 Å². The molecule has 0 aliphatic rings. The van der Waals surface area contributed by atoms with Crippen molar-refractivity contribution in [3.05, 3.63) is 76.8 Å². The number of fused-ring (bicyclic) bond motifs is 1. The van der Waals surface area contributed by atoms with Crippen molar-refractivity contribution in [1.29, 1.82) is 0 Å². The number of carbonyl (C=O) groups excluding carboxylic acids is 1. The van der Waals surface area contributed by atoms with Crippen molar-refractivity contribution in [3.8, 4) is 0 Å². The molecule has 0 aliphatic heterocycles. The Morgan fingerprint density at radius 2 is 1.61 bits per heavy atom. The Morgan fingerprint density at radius 1 is 0.957 bits per heavy atom. The molecular formula is C20H18BrNO. The van der Waals surface area contributed by atoms with Gasteiger partial charge < -0.3 is 4.90 Å². The zero-order valence-corrected chi connectivity index (χ0v) is 14.7. The highest BCUT2D eigenvalue weighted by atomic mass is 79.9. The van der Waals surface area contributed by atoms with E-state index in [2.05, 4.69) is 40.2 Å². The number of rotatable bonds is 3. The first-order valence-electron chi connectivity index (χ1n) is 7.58. The number of hydrogen-bond acceptors (Lipinski definition) is 1. The van der Waals surface area contributed by atoms with Gasteiger partial charge in [-0.1, -0.05) is 54.6 Å². The fourth-order valence-electron chi connectivity index (χ4n) is 2.75. The minimum atomic E-state index is -0.197. The molecule has 0 saturated carbocycles. The lowest BCUT2D eigenvalue weighted by Crippen LogP contribution is -2.30. The number of nitrogens with zero attached hydrogens (tertiary/aromatic N) is 1. The third-order valence-corrected chi connectivity index (χ3v) is 4.86. The molecule has 1 unspecified atom stereocenters. The summed E-state index contributed by atoms with van der Waals surface area (Å²) >= 11 is 3.51. The predicted molar refractivity (Wildman–Crippen MR) is 99.9 cm³/mol. The summed E-state index contributed by atoms with van der Waals surface area (Å²) in [5, 5.41) is 2.35. The van der Waals surface area contributed by atoms with Crippen LogP contribution in [0.1, 0.15) is 18.4 Å². The quantitative estimate of drug-likeness (QED) is 0.609. The zero-order chi connectivity index (χ0) is 16.4. The number of carbonyl (C=O) groups is 1. The van der Waals surface area contributed by atoms with Crippen molar-refractivity contribution in [2.45, 2.75) is 12.8 Å². The van der Waals surface area contributed by atoms with E-state index in [9.17, 15) is 4.79 Å². The van der Waals surface area contributed by atoms with E-state index in [0.717, 1.165) is 21.1 Å². The minimum Gasteiger partial charge on any atom is -0.314 e. The molecule has 2 nitrogen and oxygen atoms in total. The highest BCUT2D eigenvalue weighted by molar-refractivity contribution is 9.10. The van der Waals surface area contributed by atoms with Gasteiger partial charge in [-0.05, 0) is 51.3 Å². The Morgan fingerprint density at radius 3 is 2.35 bits per heavy atom. The van der Waals surface area contributed by atoms with Gasteiger partial charge in [-0.25, -0.2) is 0 Å². The first-order chi connectivity index (χ1) is 11.1. The molecule has 1 atom stereocenters. The maximum atomic E-state index is 12.8. The van der Waals surface area contributed by atoms with Gasteiger partial charge >= 0.3 is 0 Å². The average molecular weight is 368 g/mol. The van der Waals surface area contributed by atoms with Crippen molar-refractivity contribution in [2.24, 2.45) is 0 Å². The second-order valence-corrected chi connectivity index (χ2v) is 6.53. The summed E-state index contributed by atoms with van der Waals surface area (Å²) < 4.78 is 0.918. The van der Waals surface area contributed by atoms with Gasteiger partial charge in [-0.15, -0.1) is 0 Å². The van der Waals surface area contributed by atoms with Gasteiger partial charge in [0, 0.05) is 11.5 Å². The standard InChI is InChI=1S/C20H18BrNO/c1-14(16-12-11-15-7-3-4-8-17(15)13-16)20(23)22(2)19-10-6-5-9-18(19)21/h3-14H,1-2H3. The molecule has 116 valence electrons. The summed E-state index contributed by atoms with van der Waals surface area (Å²) in [5.41, 5.74) is 1.91. The molecule has 0 N–H and O–H groups in total. The van der Waals surface area contributed by atoms with E-state index in [1.54, 1.807) is 4.90 Å². The molecule has 23 heavy (non-hydrogen) atoms. The van der Waals surface area contributed by atoms with Crippen LogP contribution in [0.2, 0.25) is 0 Å². The van der Waals surface area contributed by atoms with Crippen LogP contribution in [0.15, 0.2) is 71.2 Å². The van der Waals surface area contributed by atoms with Gasteiger partial charge in [0.15, 0.2) is 0 Å². The lowest BCUT2D eigenvalue weighted by atomic mass is 9.96. The number of amides is 1. The lowest BCUT2D eigenvalue weighted by Gasteiger charge is -2.23. The molecule has 0 heterocycles. The van der Waals surface area contributed by atoms with Crippen LogP contribution in [0.4, 0.5) is 5.69 Å². The molecule has 1 amide bonds. The predicted octanol–water partition coefficient (Wildman–Crippen LogP) is 5.37. The Bertz CT molecular complexity index is 859. The highest BCUT2D eigenvalue weighted by Gasteiger charge is 2.21. The molecule has 3 rings (SSSR count). The number of para-hydroxylation sites is 1. The third kappa shape index (κ3) is 3.15. The molecule has 0 bridgehead atoms. The van der Waals surface area contributed by atoms with Crippen LogP contribution in [0.5, 0.6) is 0 Å². The third-order valence-electron chi connectivity index (χ3n) is 4.19. The molecule has 3 heteroatoms. The van der Waals surface area contributed by atoms with Crippen LogP contribution in [0.3, 0.4) is 0 Å². The molecule has 0 aromatic heterocycles. The average Bonchev–Trinajstić information content (AvgIpc) is 2.60. The summed E-state index contributed by atoms with van der Waals surface area (Å²) in [5.74, 6) is -0.121. The monoisotopic (exact) mass is 367 g/mol. The molecule has 0 fully saturated rings. The van der Waals surface area contributed by atoms with E-state index in [4.69, 9.17) is 0 Å². The second-order valence-electron chi connectivity index (χ2n) is 5.68. The molecule has 0 radical (unpaired) electrons. The Hall–Kier alpha value is -2.13. The highest BCUT2D eigenvalue weighted by Crippen LogP contribution is 2.29. The number of hydrogen-bond donors (Lipinski definition) is 0. The number of halogens is 1. The van der Waals surface area contributed by atoms with Crippen molar-refractivity contribution >= 4 is 38.3 Å². The van der Waals surface area contributed by atoms with Crippen LogP contribution in [0.25, 0.3) is 10.8 Å². The summed E-state index contributed by atoms with van der Waals surface area (Å²) in [6.45, 7) is 1.96. The molecule has 0 saturated heterocycles. The van der Waals surface area contributed by atoms with Crippen molar-refractivity contribution in [2.75, 3.05) is 11.9 Å². The fraction of sp³-hybridized carbons (Fsp3) is 0.150. The van der Waals surface area contributed by atoms with Crippen LogP contribution < -0.4 is 4.90 Å². The van der Waals surface area contributed by atoms with Crippen molar-refractivity contribution in [3.63, 3.8) is 0 Å². The van der Waals surface area contributed by atoms with Gasteiger partial charge in [0.1, 0.15) is 0 Å². The number of anilines is 1. The van der Waals surface area contributed by atoms with E-state index in [-0.39, 0.29) is 11.8 Å². The van der Waals surface area contributed by atoms with Gasteiger partial charge in [0.25, 0.3) is 0 Å². The SMILES string of the molecule is CC(C(=O)N(C)c1ccccc1Br)c1ccc2ccccc2c1. The summed E-state index contributed by atoms with van der Waals surface area (Å²) in [6, 6.07) is 22.2. The Balaban J connectivity index is 1.90. The first-order valence-corrected chi connectivity index (χ1v) is 8.38. The summed E-state index contributed by atoms with van der Waals surface area (Å²) in [7, 11) is 1.82. The first kappa shape index (κ1) is 15.8. The summed E-state index contributed by atoms with van der Waals surface area (Å²) in [6.07, 6.45) is 0. The second kappa shape index (κ2) is 6.55. The fourth-order valence-corrected chi connectivity index (χ4v) is 3.30. The zero-order valence-electron chi connectivity index (χ0n) is 13.2. The summed E-state index contributed by atoms with van der Waals surface area (Å²) in [4.78, 5) is 14.5. The van der Waals surface area contributed by atoms with Gasteiger partial charge in [0.05, 0.1) is 11.6 Å². The minimum absolute atomic E-state index is 0.0761. The van der Waals surface area contributed by atoms with Crippen molar-refractivity contribution in [1.82, 2.24) is 0 Å². The van der Waals surface area contributed by atoms with Gasteiger partial charge in [0.2, 0.25) is 5.91 Å². The lowest BCUT2D eigenvalue weighted by molar-refractivity contribution is -0.119. The number of likely N-dealkylation sites (N-methyl/N-ethyl adjacent to an activating group) is 1. The van der Waals surface area contributed by atoms with E-state index < -0.39 is 0 Å². The maximum Gasteiger partial charge on any atom is 0.234 e. The number of benzene rings is 3. The van der Waals surface area contributed by atoms with E-state index in [1.807, 2.05) is 56.4 Å². The smallest absolute Gasteiger partial charge is 0.234 e. The van der Waals surface area contributed by atoms with Crippen LogP contribution >= 0.6 is 15.9 Å². The largest absolute Gasteiger partial charge is 0.314 e. The molecule has 3 aromatic carbocycles. The van der Waals surface area contributed by atoms with Gasteiger partial charge in [-0.3, -0.25) is 4.79 Å². The van der Waals surface area contributed by atoms with E-state index >= 15 is 0 Å². The van der Waals surface area contributed by atoms with Gasteiger partial charge in [-0.2, -0.15) is 0 Å². The van der Waals surface area contributed by atoms with Crippen LogP contribution in [0, 0.1) is 0 Å². The Kier molecular flexibility index (Phi) is 4.49. The molecule has 3 aromatic rings. The maximum absolute atomic E-state index is 12.8. The van der Waals surface area contributed by atoms with Crippen LogP contribution in [-0.2, 0) is 4.79 Å². The molecule has 0 aliphatic carbocycles. The van der Waals surface area contributed by atoms with Crippen molar-refractivity contribution < 1.29 is 4.79 Å². The Labute approximate surface area is 144 Å². The normalized spacial score (nSPS) is 12.1. The van der Waals surface area contributed by atoms with E-state index in [0.29, 0.717) is 0 Å². The molecular weight excluding hydrogens is 350 g/mol. The molecule has 0 spiro atoms. The topological polar surface area (TPSA) is 20.3 Å².